The summed E-state index contributed by atoms with van der Waals surface area (Å²) in [5.41, 5.74) is 0.964. The second-order valence-electron chi connectivity index (χ2n) is 2.91. The Hall–Kier alpha value is -1.26. The molecule has 0 spiro atoms. The average Bonchev–Trinajstić information content (AvgIpc) is 2.23. The van der Waals surface area contributed by atoms with E-state index in [-0.39, 0.29) is 11.0 Å². The van der Waals surface area contributed by atoms with Crippen molar-refractivity contribution >= 4 is 23.8 Å². The van der Waals surface area contributed by atoms with Gasteiger partial charge in [0, 0.05) is 11.1 Å². The number of nitrogens with zero attached hydrogens (tertiary/aromatic N) is 1. The number of aromatic nitrogens is 2. The first-order valence-corrected chi connectivity index (χ1v) is 4.97. The second-order valence-corrected chi connectivity index (χ2v) is 3.71. The molecule has 0 fully saturated rings. The lowest BCUT2D eigenvalue weighted by Gasteiger charge is -2.02. The van der Waals surface area contributed by atoms with Crippen LogP contribution < -0.4 is 0 Å². The summed E-state index contributed by atoms with van der Waals surface area (Å²) >= 11 is 10.7. The first-order chi connectivity index (χ1) is 7.18. The van der Waals surface area contributed by atoms with Gasteiger partial charge >= 0.3 is 0 Å². The van der Waals surface area contributed by atoms with Gasteiger partial charge in [0.05, 0.1) is 0 Å². The van der Waals surface area contributed by atoms with Gasteiger partial charge in [-0.1, -0.05) is 42.0 Å². The molecule has 0 aliphatic rings. The number of H-pyrrole nitrogens is 1. The van der Waals surface area contributed by atoms with E-state index in [0.29, 0.717) is 15.8 Å². The molecule has 0 atom stereocenters. The molecule has 1 N–H and O–H groups in total. The third kappa shape index (κ3) is 2.06. The van der Waals surface area contributed by atoms with Crippen molar-refractivity contribution < 1.29 is 4.39 Å². The van der Waals surface area contributed by atoms with Gasteiger partial charge in [-0.15, -0.1) is 0 Å². The van der Waals surface area contributed by atoms with E-state index in [1.54, 1.807) is 24.3 Å². The Kier molecular flexibility index (Phi) is 2.79. The number of nitrogens with one attached hydrogen (secondary N) is 1. The van der Waals surface area contributed by atoms with Gasteiger partial charge in [-0.25, -0.2) is 4.39 Å². The second kappa shape index (κ2) is 4.08. The maximum Gasteiger partial charge on any atom is 0.150 e. The maximum atomic E-state index is 13.5. The van der Waals surface area contributed by atoms with E-state index in [2.05, 4.69) is 10.2 Å². The minimum atomic E-state index is -0.334. The van der Waals surface area contributed by atoms with Crippen molar-refractivity contribution in [3.8, 4) is 11.1 Å². The molecule has 0 amide bonds. The Bertz CT molecular complexity index is 553. The predicted octanol–water partition coefficient (Wildman–Crippen LogP) is 3.60. The van der Waals surface area contributed by atoms with Crippen molar-refractivity contribution in [3.63, 3.8) is 0 Å². The maximum absolute atomic E-state index is 13.5. The van der Waals surface area contributed by atoms with Gasteiger partial charge in [0.15, 0.2) is 0 Å². The Morgan fingerprint density at radius 3 is 2.73 bits per heavy atom. The van der Waals surface area contributed by atoms with Crippen molar-refractivity contribution in [1.29, 1.82) is 0 Å². The molecule has 0 unspecified atom stereocenters. The summed E-state index contributed by atoms with van der Waals surface area (Å²) in [7, 11) is 0. The molecule has 2 nitrogen and oxygen atoms in total. The van der Waals surface area contributed by atoms with Crippen molar-refractivity contribution in [3.05, 3.63) is 45.9 Å². The zero-order valence-electron chi connectivity index (χ0n) is 7.50. The van der Waals surface area contributed by atoms with Crippen LogP contribution in [0, 0.1) is 10.5 Å². The number of halogens is 2. The van der Waals surface area contributed by atoms with Gasteiger partial charge in [0.1, 0.15) is 15.6 Å². The molecule has 0 bridgehead atoms. The molecule has 0 aliphatic carbocycles. The molecule has 0 saturated carbocycles. The Morgan fingerprint density at radius 2 is 2.00 bits per heavy atom. The number of hydrogen-bond donors (Lipinski definition) is 1. The van der Waals surface area contributed by atoms with E-state index in [1.165, 1.54) is 6.07 Å². The summed E-state index contributed by atoms with van der Waals surface area (Å²) in [5, 5.41) is 6.52. The quantitative estimate of drug-likeness (QED) is 0.772. The zero-order chi connectivity index (χ0) is 10.8. The lowest BCUT2D eigenvalue weighted by molar-refractivity contribution is 0.631. The van der Waals surface area contributed by atoms with Crippen molar-refractivity contribution in [2.24, 2.45) is 0 Å². The molecule has 1 aromatic heterocycles. The van der Waals surface area contributed by atoms with Gasteiger partial charge in [-0.3, -0.25) is 5.10 Å². The van der Waals surface area contributed by atoms with Crippen LogP contribution >= 0.6 is 23.8 Å². The zero-order valence-corrected chi connectivity index (χ0v) is 9.07. The third-order valence-corrected chi connectivity index (χ3v) is 2.44. The van der Waals surface area contributed by atoms with Crippen LogP contribution in [0.4, 0.5) is 4.39 Å². The smallest absolute Gasteiger partial charge is 0.150 e. The van der Waals surface area contributed by atoms with Gasteiger partial charge in [0.2, 0.25) is 0 Å². The van der Waals surface area contributed by atoms with Gasteiger partial charge < -0.3 is 0 Å². The number of benzene rings is 1. The number of rotatable bonds is 1. The summed E-state index contributed by atoms with van der Waals surface area (Å²) in [6, 6.07) is 7.91. The fourth-order valence-electron chi connectivity index (χ4n) is 1.26. The van der Waals surface area contributed by atoms with Gasteiger partial charge in [0.25, 0.3) is 0 Å². The van der Waals surface area contributed by atoms with Gasteiger partial charge in [-0.2, -0.15) is 5.10 Å². The van der Waals surface area contributed by atoms with E-state index in [1.807, 2.05) is 0 Å². The van der Waals surface area contributed by atoms with Crippen LogP contribution in [0.2, 0.25) is 5.15 Å². The molecule has 1 aromatic carbocycles. The SMILES string of the molecule is Fc1ccccc1-c1cc(Cl)n[nH]c1=S. The van der Waals surface area contributed by atoms with Crippen LogP contribution in [0.25, 0.3) is 11.1 Å². The topological polar surface area (TPSA) is 28.7 Å². The van der Waals surface area contributed by atoms with E-state index < -0.39 is 0 Å². The third-order valence-electron chi connectivity index (χ3n) is 1.94. The minimum Gasteiger partial charge on any atom is -0.266 e. The molecule has 2 aromatic rings. The standard InChI is InChI=1S/C10H6ClFN2S/c11-9-5-7(10(15)14-13-9)6-3-1-2-4-8(6)12/h1-5H,(H,14,15). The lowest BCUT2D eigenvalue weighted by atomic mass is 10.1. The first kappa shape index (κ1) is 10.3. The predicted molar refractivity (Wildman–Crippen MR) is 59.8 cm³/mol. The summed E-state index contributed by atoms with van der Waals surface area (Å²) in [6.07, 6.45) is 0. The highest BCUT2D eigenvalue weighted by atomic mass is 35.5. The summed E-state index contributed by atoms with van der Waals surface area (Å²) in [6.45, 7) is 0. The molecule has 76 valence electrons. The number of hydrogen-bond acceptors (Lipinski definition) is 2. The van der Waals surface area contributed by atoms with Gasteiger partial charge in [-0.05, 0) is 12.1 Å². The summed E-state index contributed by atoms with van der Waals surface area (Å²) in [4.78, 5) is 0. The fourth-order valence-corrected chi connectivity index (χ4v) is 1.63. The molecular weight excluding hydrogens is 235 g/mol. The fraction of sp³-hybridized carbons (Fsp3) is 0. The Morgan fingerprint density at radius 1 is 1.27 bits per heavy atom. The van der Waals surface area contributed by atoms with Crippen LogP contribution in [0.5, 0.6) is 0 Å². The normalized spacial score (nSPS) is 10.3. The van der Waals surface area contributed by atoms with E-state index in [4.69, 9.17) is 23.8 Å². The summed E-state index contributed by atoms with van der Waals surface area (Å²) < 4.78 is 13.8. The van der Waals surface area contributed by atoms with E-state index >= 15 is 0 Å². The largest absolute Gasteiger partial charge is 0.266 e. The number of aromatic amines is 1. The van der Waals surface area contributed by atoms with Crippen molar-refractivity contribution in [2.45, 2.75) is 0 Å². The van der Waals surface area contributed by atoms with Crippen LogP contribution in [-0.4, -0.2) is 10.2 Å². The molecule has 0 saturated heterocycles. The van der Waals surface area contributed by atoms with Crippen LogP contribution in [0.15, 0.2) is 30.3 Å². The molecule has 1 heterocycles. The van der Waals surface area contributed by atoms with Crippen LogP contribution in [-0.2, 0) is 0 Å². The van der Waals surface area contributed by atoms with Crippen LogP contribution in [0.3, 0.4) is 0 Å². The van der Waals surface area contributed by atoms with E-state index in [0.717, 1.165) is 0 Å². The van der Waals surface area contributed by atoms with Crippen molar-refractivity contribution in [1.82, 2.24) is 10.2 Å². The highest BCUT2D eigenvalue weighted by molar-refractivity contribution is 7.71. The highest BCUT2D eigenvalue weighted by Crippen LogP contribution is 2.24. The Balaban J connectivity index is 2.69. The van der Waals surface area contributed by atoms with Crippen molar-refractivity contribution in [2.75, 3.05) is 0 Å². The average molecular weight is 241 g/mol. The Labute approximate surface area is 95.7 Å². The highest BCUT2D eigenvalue weighted by Gasteiger charge is 2.06. The molecule has 2 rings (SSSR count). The lowest BCUT2D eigenvalue weighted by Crippen LogP contribution is -1.90. The molecule has 0 radical (unpaired) electrons. The minimum absolute atomic E-state index is 0.252. The molecule has 0 aliphatic heterocycles. The summed E-state index contributed by atoms with van der Waals surface area (Å²) in [5.74, 6) is -0.334. The van der Waals surface area contributed by atoms with E-state index in [9.17, 15) is 4.39 Å². The molecular formula is C10H6ClFN2S. The molecule has 5 heteroatoms. The van der Waals surface area contributed by atoms with Crippen LogP contribution in [0.1, 0.15) is 0 Å². The first-order valence-electron chi connectivity index (χ1n) is 4.18. The molecule has 15 heavy (non-hydrogen) atoms. The monoisotopic (exact) mass is 240 g/mol.